The number of para-hydroxylation sites is 1. The van der Waals surface area contributed by atoms with Gasteiger partial charge >= 0.3 is 6.36 Å². The Morgan fingerprint density at radius 2 is 1.79 bits per heavy atom. The van der Waals surface area contributed by atoms with Crippen molar-refractivity contribution in [3.8, 4) is 5.75 Å². The van der Waals surface area contributed by atoms with Gasteiger partial charge in [0.15, 0.2) is 0 Å². The van der Waals surface area contributed by atoms with E-state index < -0.39 is 12.5 Å². The van der Waals surface area contributed by atoms with Crippen LogP contribution in [0.3, 0.4) is 0 Å². The van der Waals surface area contributed by atoms with Gasteiger partial charge in [0.25, 0.3) is 11.8 Å². The van der Waals surface area contributed by atoms with Crippen LogP contribution in [0.15, 0.2) is 36.4 Å². The van der Waals surface area contributed by atoms with Crippen LogP contribution >= 0.6 is 11.3 Å². The first-order valence-electron chi connectivity index (χ1n) is 10.9. The van der Waals surface area contributed by atoms with Gasteiger partial charge in [0.1, 0.15) is 11.9 Å². The van der Waals surface area contributed by atoms with Gasteiger partial charge in [0, 0.05) is 49.7 Å². The molecule has 2 N–H and O–H groups in total. The van der Waals surface area contributed by atoms with E-state index in [4.69, 9.17) is 0 Å². The summed E-state index contributed by atoms with van der Waals surface area (Å²) in [7, 11) is 0. The number of nitrogens with zero attached hydrogens (tertiary/aromatic N) is 2. The lowest BCUT2D eigenvalue weighted by Gasteiger charge is -2.36. The molecule has 1 atom stereocenters. The summed E-state index contributed by atoms with van der Waals surface area (Å²) >= 11 is 1.31. The molecule has 0 radical (unpaired) electrons. The topological polar surface area (TPSA) is 82.1 Å². The monoisotopic (exact) mass is 499 g/mol. The van der Waals surface area contributed by atoms with Crippen LogP contribution in [0, 0.1) is 5.92 Å². The van der Waals surface area contributed by atoms with Crippen molar-refractivity contribution in [3.63, 3.8) is 0 Å². The van der Waals surface area contributed by atoms with Crippen molar-refractivity contribution in [1.82, 2.24) is 15.1 Å². The summed E-state index contributed by atoms with van der Waals surface area (Å²) in [5, 5.41) is 12.6. The Kier molecular flexibility index (Phi) is 8.56. The average Bonchev–Trinajstić information content (AvgIpc) is 3.25. The molecule has 2 heterocycles. The molecule has 7 nitrogen and oxygen atoms in total. The summed E-state index contributed by atoms with van der Waals surface area (Å²) in [6, 6.07) is 9.21. The van der Waals surface area contributed by atoms with Crippen LogP contribution < -0.4 is 10.1 Å². The van der Waals surface area contributed by atoms with Gasteiger partial charge in [-0.2, -0.15) is 0 Å². The van der Waals surface area contributed by atoms with Crippen LogP contribution in [0.5, 0.6) is 5.75 Å². The fourth-order valence-corrected chi connectivity index (χ4v) is 4.51. The normalized spacial score (nSPS) is 15.9. The number of halogens is 3. The van der Waals surface area contributed by atoms with E-state index in [1.165, 1.54) is 29.5 Å². The molecule has 1 aromatic carbocycles. The van der Waals surface area contributed by atoms with Gasteiger partial charge in [-0.3, -0.25) is 14.5 Å². The molecule has 2 amide bonds. The minimum absolute atomic E-state index is 0.101. The maximum absolute atomic E-state index is 12.6. The molecule has 2 aromatic rings. The Morgan fingerprint density at radius 1 is 1.12 bits per heavy atom. The lowest BCUT2D eigenvalue weighted by molar-refractivity contribution is -0.274. The van der Waals surface area contributed by atoms with Gasteiger partial charge in [-0.25, -0.2) is 0 Å². The Labute approximate surface area is 200 Å². The number of thiophene rings is 1. The number of aliphatic hydroxyl groups is 1. The molecular weight excluding hydrogens is 471 g/mol. The lowest BCUT2D eigenvalue weighted by atomic mass is 10.1. The smallest absolute Gasteiger partial charge is 0.405 e. The molecule has 186 valence electrons. The molecule has 0 saturated carbocycles. The van der Waals surface area contributed by atoms with E-state index in [1.54, 1.807) is 30.9 Å². The maximum atomic E-state index is 12.6. The van der Waals surface area contributed by atoms with Crippen LogP contribution in [-0.2, 0) is 17.9 Å². The fraction of sp³-hybridized carbons (Fsp3) is 0.478. The summed E-state index contributed by atoms with van der Waals surface area (Å²) in [4.78, 5) is 30.1. The highest BCUT2D eigenvalue weighted by Crippen LogP contribution is 2.26. The van der Waals surface area contributed by atoms with Gasteiger partial charge in [-0.1, -0.05) is 32.0 Å². The van der Waals surface area contributed by atoms with E-state index in [0.717, 1.165) is 4.88 Å². The first-order chi connectivity index (χ1) is 16.0. The SMILES string of the molecule is CC(C)[C@@H](O)C(=O)N1CCN(Cc2ccc(C(=O)NCc3ccccc3OC(F)(F)F)s2)CC1. The third-order valence-electron chi connectivity index (χ3n) is 5.47. The van der Waals surface area contributed by atoms with Gasteiger partial charge in [-0.05, 0) is 24.1 Å². The van der Waals surface area contributed by atoms with Crippen LogP contribution in [0.2, 0.25) is 0 Å². The molecular formula is C23H28F3N3O4S. The number of hydrogen-bond acceptors (Lipinski definition) is 6. The third-order valence-corrected chi connectivity index (χ3v) is 6.54. The largest absolute Gasteiger partial charge is 0.573 e. The number of carbonyl (C=O) groups excluding carboxylic acids is 2. The average molecular weight is 500 g/mol. The molecule has 0 spiro atoms. The van der Waals surface area contributed by atoms with Crippen molar-refractivity contribution < 1.29 is 32.6 Å². The number of aliphatic hydroxyl groups excluding tert-OH is 1. The van der Waals surface area contributed by atoms with Gasteiger partial charge in [0.05, 0.1) is 4.88 Å². The zero-order valence-electron chi connectivity index (χ0n) is 19.0. The third kappa shape index (κ3) is 7.18. The number of ether oxygens (including phenoxy) is 1. The highest BCUT2D eigenvalue weighted by molar-refractivity contribution is 7.14. The summed E-state index contributed by atoms with van der Waals surface area (Å²) in [5.41, 5.74) is 0.222. The Hall–Kier alpha value is -2.63. The summed E-state index contributed by atoms with van der Waals surface area (Å²) in [5.74, 6) is -1.10. The number of piperazine rings is 1. The molecule has 0 aliphatic carbocycles. The second kappa shape index (κ2) is 11.2. The minimum atomic E-state index is -4.81. The Balaban J connectivity index is 1.50. The van der Waals surface area contributed by atoms with E-state index >= 15 is 0 Å². The van der Waals surface area contributed by atoms with E-state index in [-0.39, 0.29) is 35.6 Å². The number of nitrogens with one attached hydrogen (secondary N) is 1. The molecule has 0 unspecified atom stereocenters. The number of benzene rings is 1. The first kappa shape index (κ1) is 26.0. The number of carbonyl (C=O) groups is 2. The highest BCUT2D eigenvalue weighted by Gasteiger charge is 2.32. The second-order valence-corrected chi connectivity index (χ2v) is 9.56. The minimum Gasteiger partial charge on any atom is -0.405 e. The van der Waals surface area contributed by atoms with Crippen LogP contribution in [0.4, 0.5) is 13.2 Å². The van der Waals surface area contributed by atoms with Gasteiger partial charge in [-0.15, -0.1) is 24.5 Å². The second-order valence-electron chi connectivity index (χ2n) is 8.39. The molecule has 1 aliphatic heterocycles. The van der Waals surface area contributed by atoms with Crippen molar-refractivity contribution >= 4 is 23.2 Å². The molecule has 34 heavy (non-hydrogen) atoms. The standard InChI is InChI=1S/C23H28F3N3O4S/c1-15(2)20(30)22(32)29-11-9-28(10-12-29)14-17-7-8-19(34-17)21(31)27-13-16-5-3-4-6-18(16)33-23(24,25)26/h3-8,15,20,30H,9-14H2,1-2H3,(H,27,31)/t20-/m1/s1. The maximum Gasteiger partial charge on any atom is 0.573 e. The number of amides is 2. The lowest BCUT2D eigenvalue weighted by Crippen LogP contribution is -2.51. The quantitative estimate of drug-likeness (QED) is 0.583. The molecule has 3 rings (SSSR count). The summed E-state index contributed by atoms with van der Waals surface area (Å²) in [6.07, 6.45) is -5.80. The molecule has 1 fully saturated rings. The van der Waals surface area contributed by atoms with E-state index in [1.807, 2.05) is 6.07 Å². The molecule has 1 aromatic heterocycles. The predicted molar refractivity (Wildman–Crippen MR) is 121 cm³/mol. The molecule has 0 bridgehead atoms. The van der Waals surface area contributed by atoms with Crippen LogP contribution in [0.25, 0.3) is 0 Å². The summed E-state index contributed by atoms with van der Waals surface area (Å²) in [6.45, 7) is 6.50. The van der Waals surface area contributed by atoms with Crippen molar-refractivity contribution in [2.24, 2.45) is 5.92 Å². The number of rotatable bonds is 8. The van der Waals surface area contributed by atoms with Crippen molar-refractivity contribution in [1.29, 1.82) is 0 Å². The Morgan fingerprint density at radius 3 is 2.44 bits per heavy atom. The predicted octanol–water partition coefficient (Wildman–Crippen LogP) is 3.24. The molecule has 1 saturated heterocycles. The fourth-order valence-electron chi connectivity index (χ4n) is 3.54. The Bertz CT molecular complexity index is 988. The van der Waals surface area contributed by atoms with Crippen molar-refractivity contribution in [3.05, 3.63) is 51.7 Å². The molecule has 1 aliphatic rings. The van der Waals surface area contributed by atoms with Crippen molar-refractivity contribution in [2.75, 3.05) is 26.2 Å². The first-order valence-corrected chi connectivity index (χ1v) is 11.7. The highest BCUT2D eigenvalue weighted by atomic mass is 32.1. The zero-order valence-corrected chi connectivity index (χ0v) is 19.8. The van der Waals surface area contributed by atoms with Gasteiger partial charge in [0.2, 0.25) is 0 Å². The number of alkyl halides is 3. The van der Waals surface area contributed by atoms with Crippen molar-refractivity contribution in [2.45, 2.75) is 39.4 Å². The number of hydrogen-bond donors (Lipinski definition) is 2. The van der Waals surface area contributed by atoms with E-state index in [0.29, 0.717) is 37.6 Å². The van der Waals surface area contributed by atoms with E-state index in [2.05, 4.69) is 15.0 Å². The van der Waals surface area contributed by atoms with Crippen LogP contribution in [-0.4, -0.2) is 65.4 Å². The van der Waals surface area contributed by atoms with Crippen LogP contribution in [0.1, 0.15) is 34.0 Å². The van der Waals surface area contributed by atoms with E-state index in [9.17, 15) is 27.9 Å². The van der Waals surface area contributed by atoms with Gasteiger partial charge < -0.3 is 20.1 Å². The summed E-state index contributed by atoms with van der Waals surface area (Å²) < 4.78 is 41.7. The zero-order chi connectivity index (χ0) is 24.9. The molecule has 11 heteroatoms.